The third kappa shape index (κ3) is 3.50. The predicted molar refractivity (Wildman–Crippen MR) is 97.9 cm³/mol. The van der Waals surface area contributed by atoms with E-state index in [-0.39, 0.29) is 36.3 Å². The molecule has 0 aromatic rings. The molecule has 2 amide bonds. The number of nitrogens with one attached hydrogen (secondary N) is 1. The largest absolute Gasteiger partial charge is 0.463 e. The first-order valence-corrected chi connectivity index (χ1v) is 10.6. The van der Waals surface area contributed by atoms with Gasteiger partial charge in [-0.3, -0.25) is 14.5 Å². The first kappa shape index (κ1) is 17.9. The van der Waals surface area contributed by atoms with E-state index in [0.717, 1.165) is 37.0 Å². The summed E-state index contributed by atoms with van der Waals surface area (Å²) in [5.41, 5.74) is -0.0627. The van der Waals surface area contributed by atoms with Gasteiger partial charge in [0.2, 0.25) is 11.8 Å². The second-order valence-electron chi connectivity index (χ2n) is 8.25. The van der Waals surface area contributed by atoms with Crippen molar-refractivity contribution in [2.75, 3.05) is 18.9 Å². The number of rotatable bonds is 5. The Balaban J connectivity index is 1.41. The van der Waals surface area contributed by atoms with Gasteiger partial charge in [0, 0.05) is 5.54 Å². The van der Waals surface area contributed by atoms with Crippen molar-refractivity contribution in [3.05, 3.63) is 11.1 Å². The zero-order valence-electron chi connectivity index (χ0n) is 15.2. The van der Waals surface area contributed by atoms with E-state index in [9.17, 15) is 14.4 Å². The number of carbonyl (C=O) groups is 3. The third-order valence-corrected chi connectivity index (χ3v) is 7.21. The highest BCUT2D eigenvalue weighted by molar-refractivity contribution is 8.04. The third-order valence-electron chi connectivity index (χ3n) is 6.18. The van der Waals surface area contributed by atoms with Crippen LogP contribution in [0.5, 0.6) is 0 Å². The molecule has 4 bridgehead atoms. The minimum atomic E-state index is -0.476. The van der Waals surface area contributed by atoms with Crippen LogP contribution in [0.2, 0.25) is 0 Å². The van der Waals surface area contributed by atoms with Crippen LogP contribution >= 0.6 is 11.8 Å². The van der Waals surface area contributed by atoms with E-state index >= 15 is 0 Å². The summed E-state index contributed by atoms with van der Waals surface area (Å²) in [7, 11) is 0. The number of carbonyl (C=O) groups excluding carboxylic acids is 3. The summed E-state index contributed by atoms with van der Waals surface area (Å²) in [4.78, 5) is 38.0. The number of hydrogen-bond donors (Lipinski definition) is 1. The molecule has 5 aliphatic rings. The van der Waals surface area contributed by atoms with Gasteiger partial charge in [-0.05, 0) is 63.2 Å². The van der Waals surface area contributed by atoms with E-state index in [0.29, 0.717) is 5.03 Å². The van der Waals surface area contributed by atoms with Crippen molar-refractivity contribution >= 4 is 29.5 Å². The summed E-state index contributed by atoms with van der Waals surface area (Å²) in [5, 5.41) is 3.79. The summed E-state index contributed by atoms with van der Waals surface area (Å²) in [6, 6.07) is 0. The van der Waals surface area contributed by atoms with Crippen LogP contribution in [0.15, 0.2) is 11.1 Å². The van der Waals surface area contributed by atoms with Crippen molar-refractivity contribution in [1.29, 1.82) is 0 Å². The lowest BCUT2D eigenvalue weighted by Crippen LogP contribution is -2.61. The number of thioether (sulfide) groups is 1. The van der Waals surface area contributed by atoms with Crippen molar-refractivity contribution in [1.82, 2.24) is 10.2 Å². The quantitative estimate of drug-likeness (QED) is 0.585. The maximum Gasteiger partial charge on any atom is 0.333 e. The van der Waals surface area contributed by atoms with Crippen LogP contribution in [0, 0.1) is 17.8 Å². The monoisotopic (exact) mass is 378 g/mol. The fourth-order valence-corrected chi connectivity index (χ4v) is 6.66. The maximum atomic E-state index is 12.7. The van der Waals surface area contributed by atoms with Crippen molar-refractivity contribution in [2.45, 2.75) is 51.0 Å². The Hall–Kier alpha value is -1.50. The van der Waals surface area contributed by atoms with Crippen LogP contribution in [0.3, 0.4) is 0 Å². The van der Waals surface area contributed by atoms with Crippen LogP contribution in [0.4, 0.5) is 0 Å². The molecule has 0 aromatic carbocycles. The molecule has 5 fully saturated rings. The molecule has 4 saturated carbocycles. The zero-order valence-corrected chi connectivity index (χ0v) is 16.0. The lowest BCUT2D eigenvalue weighted by atomic mass is 9.53. The predicted octanol–water partition coefficient (Wildman–Crippen LogP) is 2.05. The summed E-state index contributed by atoms with van der Waals surface area (Å²) in [5.74, 6) is 1.80. The highest BCUT2D eigenvalue weighted by Gasteiger charge is 2.51. The number of amides is 2. The van der Waals surface area contributed by atoms with Crippen molar-refractivity contribution < 1.29 is 19.1 Å². The fourth-order valence-electron chi connectivity index (χ4n) is 5.73. The average Bonchev–Trinajstić information content (AvgIpc) is 2.86. The van der Waals surface area contributed by atoms with Gasteiger partial charge in [0.25, 0.3) is 0 Å². The van der Waals surface area contributed by atoms with Crippen LogP contribution in [0.25, 0.3) is 0 Å². The molecule has 1 aliphatic heterocycles. The number of nitrogens with zero attached hydrogens (tertiary/aromatic N) is 1. The molecule has 7 heteroatoms. The standard InChI is InChI=1S/C19H26N2O4S/c1-2-25-18(24)6-17-21(16(23)11-26-17)10-15(22)20-19-7-12-3-13(8-19)5-14(4-12)9-19/h6,12-14H,2-5,7-11H2,1H3,(H,20,22)/b17-6+. The maximum absolute atomic E-state index is 12.7. The molecular weight excluding hydrogens is 352 g/mol. The lowest BCUT2D eigenvalue weighted by Gasteiger charge is -2.57. The van der Waals surface area contributed by atoms with Gasteiger partial charge in [-0.2, -0.15) is 0 Å². The second-order valence-corrected chi connectivity index (χ2v) is 9.24. The molecule has 5 rings (SSSR count). The molecule has 1 saturated heterocycles. The molecule has 0 unspecified atom stereocenters. The van der Waals surface area contributed by atoms with Crippen LogP contribution in [-0.4, -0.2) is 47.1 Å². The van der Waals surface area contributed by atoms with Gasteiger partial charge >= 0.3 is 5.97 Å². The SMILES string of the molecule is CCOC(=O)/C=C1/SCC(=O)N1CC(=O)NC12CC3CC(CC(C3)C1)C2. The normalized spacial score (nSPS) is 36.7. The summed E-state index contributed by atoms with van der Waals surface area (Å²) in [6.07, 6.45) is 8.53. The summed E-state index contributed by atoms with van der Waals surface area (Å²) < 4.78 is 4.92. The first-order chi connectivity index (χ1) is 12.5. The minimum Gasteiger partial charge on any atom is -0.463 e. The van der Waals surface area contributed by atoms with E-state index in [2.05, 4.69) is 5.32 Å². The van der Waals surface area contributed by atoms with Gasteiger partial charge in [-0.15, -0.1) is 0 Å². The molecule has 1 N–H and O–H groups in total. The Morgan fingerprint density at radius 3 is 2.42 bits per heavy atom. The van der Waals surface area contributed by atoms with Crippen molar-refractivity contribution in [3.63, 3.8) is 0 Å². The Bertz CT molecular complexity index is 625. The molecule has 0 spiro atoms. The Kier molecular flexibility index (Phi) is 4.75. The smallest absolute Gasteiger partial charge is 0.333 e. The highest BCUT2D eigenvalue weighted by Crippen LogP contribution is 2.55. The molecule has 6 nitrogen and oxygen atoms in total. The Labute approximate surface area is 158 Å². The van der Waals surface area contributed by atoms with E-state index in [1.54, 1.807) is 6.92 Å². The molecule has 26 heavy (non-hydrogen) atoms. The molecule has 142 valence electrons. The molecule has 4 aliphatic carbocycles. The van der Waals surface area contributed by atoms with Gasteiger partial charge in [-0.1, -0.05) is 11.8 Å². The Morgan fingerprint density at radius 1 is 1.23 bits per heavy atom. The van der Waals surface area contributed by atoms with E-state index in [4.69, 9.17) is 4.74 Å². The van der Waals surface area contributed by atoms with Gasteiger partial charge in [-0.25, -0.2) is 4.79 Å². The molecule has 0 aromatic heterocycles. The zero-order chi connectivity index (χ0) is 18.3. The van der Waals surface area contributed by atoms with Crippen molar-refractivity contribution in [2.24, 2.45) is 17.8 Å². The van der Waals surface area contributed by atoms with Gasteiger partial charge in [0.1, 0.15) is 6.54 Å². The molecular formula is C19H26N2O4S. The van der Waals surface area contributed by atoms with Gasteiger partial charge < -0.3 is 10.1 Å². The van der Waals surface area contributed by atoms with Crippen LogP contribution in [0.1, 0.15) is 45.4 Å². The topological polar surface area (TPSA) is 75.7 Å². The summed E-state index contributed by atoms with van der Waals surface area (Å²) >= 11 is 1.28. The molecule has 0 radical (unpaired) electrons. The number of hydrogen-bond acceptors (Lipinski definition) is 5. The molecule has 1 heterocycles. The van der Waals surface area contributed by atoms with E-state index in [1.807, 2.05) is 0 Å². The number of ether oxygens (including phenoxy) is 1. The van der Waals surface area contributed by atoms with Crippen LogP contribution in [-0.2, 0) is 19.1 Å². The van der Waals surface area contributed by atoms with E-state index < -0.39 is 5.97 Å². The van der Waals surface area contributed by atoms with Gasteiger partial charge in [0.15, 0.2) is 0 Å². The van der Waals surface area contributed by atoms with Crippen molar-refractivity contribution in [3.8, 4) is 0 Å². The lowest BCUT2D eigenvalue weighted by molar-refractivity contribution is -0.137. The van der Waals surface area contributed by atoms with Crippen LogP contribution < -0.4 is 5.32 Å². The average molecular weight is 378 g/mol. The van der Waals surface area contributed by atoms with E-state index in [1.165, 1.54) is 42.0 Å². The molecule has 0 atom stereocenters. The highest BCUT2D eigenvalue weighted by atomic mass is 32.2. The first-order valence-electron chi connectivity index (χ1n) is 9.59. The summed E-state index contributed by atoms with van der Waals surface area (Å²) in [6.45, 7) is 2.01. The van der Waals surface area contributed by atoms with Gasteiger partial charge in [0.05, 0.1) is 23.5 Å². The second kappa shape index (κ2) is 6.91. The minimum absolute atomic E-state index is 0.0151. The Morgan fingerprint density at radius 2 is 1.85 bits per heavy atom. The fraction of sp³-hybridized carbons (Fsp3) is 0.737. The number of esters is 1.